The molecule has 0 saturated carbocycles. The molecule has 0 unspecified atom stereocenters. The molecular formula is C12H11F2N5OS. The van der Waals surface area contributed by atoms with Crippen LogP contribution in [0.15, 0.2) is 35.6 Å². The number of aldehydes is 1. The van der Waals surface area contributed by atoms with E-state index in [-0.39, 0.29) is 17.2 Å². The monoisotopic (exact) mass is 311 g/mol. The summed E-state index contributed by atoms with van der Waals surface area (Å²) < 4.78 is 28.2. The van der Waals surface area contributed by atoms with Gasteiger partial charge in [-0.1, -0.05) is 18.9 Å². The Labute approximate surface area is 124 Å². The van der Waals surface area contributed by atoms with Crippen molar-refractivity contribution in [2.75, 3.05) is 5.01 Å². The van der Waals surface area contributed by atoms with Gasteiger partial charge >= 0.3 is 0 Å². The van der Waals surface area contributed by atoms with Crippen LogP contribution in [-0.2, 0) is 0 Å². The van der Waals surface area contributed by atoms with Crippen molar-refractivity contribution in [2.45, 2.75) is 0 Å². The number of carbonyl (C=O) groups excluding carboxylic acids is 1. The summed E-state index contributed by atoms with van der Waals surface area (Å²) in [4.78, 5) is 10.8. The molecule has 0 fully saturated rings. The summed E-state index contributed by atoms with van der Waals surface area (Å²) in [5.74, 6) is 8.75. The Kier molecular flexibility index (Phi) is 4.24. The van der Waals surface area contributed by atoms with Gasteiger partial charge in [0.1, 0.15) is 0 Å². The summed E-state index contributed by atoms with van der Waals surface area (Å²) in [6.07, 6.45) is 1.98. The second-order valence-corrected chi connectivity index (χ2v) is 4.44. The molecule has 9 heteroatoms. The minimum Gasteiger partial charge on any atom is -0.321 e. The fraction of sp³-hybridized carbons (Fsp3) is 0. The number of hydrogen-bond donors (Lipinski definition) is 3. The second-order valence-electron chi connectivity index (χ2n) is 4.01. The van der Waals surface area contributed by atoms with Crippen LogP contribution in [0.1, 0.15) is 16.1 Å². The van der Waals surface area contributed by atoms with Gasteiger partial charge in [0.05, 0.1) is 11.4 Å². The molecule has 4 N–H and O–H groups in total. The highest BCUT2D eigenvalue weighted by atomic mass is 32.1. The highest BCUT2D eigenvalue weighted by Gasteiger charge is 2.20. The Morgan fingerprint density at radius 2 is 2.14 bits per heavy atom. The molecule has 1 aromatic carbocycles. The molecule has 0 aliphatic heterocycles. The summed E-state index contributed by atoms with van der Waals surface area (Å²) >= 11 is 4.02. The lowest BCUT2D eigenvalue weighted by molar-refractivity contribution is 0.111. The molecule has 0 saturated heterocycles. The molecular weight excluding hydrogens is 300 g/mol. The number of halogens is 2. The van der Waals surface area contributed by atoms with Crippen molar-refractivity contribution in [1.82, 2.24) is 3.97 Å². The largest absolute Gasteiger partial charge is 0.321 e. The number of thiol groups is 1. The van der Waals surface area contributed by atoms with Gasteiger partial charge in [-0.2, -0.15) is 5.10 Å². The minimum atomic E-state index is -1.14. The number of hydrazone groups is 1. The van der Waals surface area contributed by atoms with Crippen molar-refractivity contribution < 1.29 is 13.6 Å². The summed E-state index contributed by atoms with van der Waals surface area (Å²) in [6, 6.07) is 4.92. The third kappa shape index (κ3) is 2.73. The lowest BCUT2D eigenvalue weighted by atomic mass is 10.2. The number of hydrogen-bond acceptors (Lipinski definition) is 5. The van der Waals surface area contributed by atoms with Crippen LogP contribution in [0.25, 0.3) is 0 Å². The molecule has 2 rings (SSSR count). The van der Waals surface area contributed by atoms with E-state index < -0.39 is 11.6 Å². The predicted molar refractivity (Wildman–Crippen MR) is 78.0 cm³/mol. The fourth-order valence-corrected chi connectivity index (χ4v) is 1.98. The fourth-order valence-electron chi connectivity index (χ4n) is 1.75. The van der Waals surface area contributed by atoms with Crippen molar-refractivity contribution in [1.29, 1.82) is 0 Å². The Morgan fingerprint density at radius 1 is 1.43 bits per heavy atom. The van der Waals surface area contributed by atoms with Crippen molar-refractivity contribution in [2.24, 2.45) is 16.8 Å². The average Bonchev–Trinajstić information content (AvgIpc) is 2.83. The molecule has 110 valence electrons. The molecule has 0 amide bonds. The maximum atomic E-state index is 13.7. The topological polar surface area (TPSA) is 89.6 Å². The van der Waals surface area contributed by atoms with Gasteiger partial charge < -0.3 is 5.84 Å². The van der Waals surface area contributed by atoms with Gasteiger partial charge in [0.2, 0.25) is 0 Å². The van der Waals surface area contributed by atoms with Gasteiger partial charge in [0, 0.05) is 11.8 Å². The van der Waals surface area contributed by atoms with Gasteiger partial charge in [0.15, 0.2) is 23.8 Å². The van der Waals surface area contributed by atoms with Gasteiger partial charge in [0.25, 0.3) is 0 Å². The molecule has 0 aliphatic carbocycles. The lowest BCUT2D eigenvalue weighted by Crippen LogP contribution is -2.39. The van der Waals surface area contributed by atoms with Crippen LogP contribution in [0.4, 0.5) is 14.5 Å². The maximum Gasteiger partial charge on any atom is 0.183 e. The first-order valence-electron chi connectivity index (χ1n) is 5.63. The molecule has 0 aliphatic rings. The molecule has 21 heavy (non-hydrogen) atoms. The Balaban J connectivity index is 2.46. The first kappa shape index (κ1) is 15.0. The van der Waals surface area contributed by atoms with E-state index in [4.69, 9.17) is 11.7 Å². The third-order valence-corrected chi connectivity index (χ3v) is 3.10. The summed E-state index contributed by atoms with van der Waals surface area (Å²) in [5, 5.41) is 4.25. The normalized spacial score (nSPS) is 11.5. The highest BCUT2D eigenvalue weighted by Crippen LogP contribution is 2.21. The van der Waals surface area contributed by atoms with Gasteiger partial charge in [-0.3, -0.25) is 13.8 Å². The van der Waals surface area contributed by atoms with Crippen LogP contribution in [0, 0.1) is 11.6 Å². The smallest absolute Gasteiger partial charge is 0.183 e. The number of amidine groups is 1. The number of hydrazine groups is 1. The summed E-state index contributed by atoms with van der Waals surface area (Å²) in [6.45, 7) is 0. The van der Waals surface area contributed by atoms with Gasteiger partial charge in [-0.25, -0.2) is 14.6 Å². The van der Waals surface area contributed by atoms with Crippen LogP contribution in [0.2, 0.25) is 0 Å². The van der Waals surface area contributed by atoms with E-state index in [9.17, 15) is 13.6 Å². The van der Waals surface area contributed by atoms with Crippen LogP contribution in [0.3, 0.4) is 0 Å². The zero-order chi connectivity index (χ0) is 15.6. The van der Waals surface area contributed by atoms with Crippen molar-refractivity contribution >= 4 is 30.6 Å². The summed E-state index contributed by atoms with van der Waals surface area (Å²) in [7, 11) is 0. The van der Waals surface area contributed by atoms with Crippen molar-refractivity contribution in [3.05, 3.63) is 53.4 Å². The van der Waals surface area contributed by atoms with E-state index in [1.165, 1.54) is 28.4 Å². The Hall–Kier alpha value is -2.39. The molecule has 0 bridgehead atoms. The van der Waals surface area contributed by atoms with E-state index in [2.05, 4.69) is 17.9 Å². The van der Waals surface area contributed by atoms with E-state index >= 15 is 0 Å². The minimum absolute atomic E-state index is 0.0598. The maximum absolute atomic E-state index is 13.7. The molecule has 0 atom stereocenters. The molecule has 1 heterocycles. The average molecular weight is 311 g/mol. The van der Waals surface area contributed by atoms with Crippen molar-refractivity contribution in [3.63, 3.8) is 0 Å². The third-order valence-electron chi connectivity index (χ3n) is 2.75. The van der Waals surface area contributed by atoms with E-state index in [0.29, 0.717) is 11.8 Å². The first-order valence-corrected chi connectivity index (χ1v) is 6.03. The zero-order valence-electron chi connectivity index (χ0n) is 10.6. The SMILES string of the molecule is N/N=C(/c1cc(C=O)n(S)c1)N(N)c1cccc(F)c1F. The van der Waals surface area contributed by atoms with E-state index in [1.54, 1.807) is 0 Å². The molecule has 2 aromatic rings. The van der Waals surface area contributed by atoms with Crippen LogP contribution in [-0.4, -0.2) is 16.1 Å². The Morgan fingerprint density at radius 3 is 2.71 bits per heavy atom. The molecule has 0 spiro atoms. The molecule has 0 radical (unpaired) electrons. The van der Waals surface area contributed by atoms with Crippen LogP contribution in [0.5, 0.6) is 0 Å². The second kappa shape index (κ2) is 5.94. The standard InChI is InChI=1S/C12H11F2N5OS/c13-9-2-1-3-10(11(9)14)19(16)12(17-15)7-4-8(6-20)18(21)5-7/h1-6,21H,15-16H2/b17-12-. The van der Waals surface area contributed by atoms with Gasteiger partial charge in [-0.15, -0.1) is 0 Å². The molecule has 6 nitrogen and oxygen atoms in total. The number of nitrogens with two attached hydrogens (primary N) is 2. The number of benzene rings is 1. The number of anilines is 1. The molecule has 1 aromatic heterocycles. The quantitative estimate of drug-likeness (QED) is 0.199. The van der Waals surface area contributed by atoms with Crippen LogP contribution >= 0.6 is 12.8 Å². The zero-order valence-corrected chi connectivity index (χ0v) is 11.5. The predicted octanol–water partition coefficient (Wildman–Crippen LogP) is 1.27. The number of aromatic nitrogens is 1. The first-order chi connectivity index (χ1) is 9.99. The number of nitrogens with zero attached hydrogens (tertiary/aromatic N) is 3. The summed E-state index contributed by atoms with van der Waals surface area (Å²) in [5.41, 5.74) is 0.294. The Bertz CT molecular complexity index is 716. The van der Waals surface area contributed by atoms with Crippen molar-refractivity contribution in [3.8, 4) is 0 Å². The van der Waals surface area contributed by atoms with Crippen LogP contribution < -0.4 is 16.7 Å². The number of rotatable bonds is 3. The van der Waals surface area contributed by atoms with E-state index in [1.807, 2.05) is 0 Å². The highest BCUT2D eigenvalue weighted by molar-refractivity contribution is 7.78. The van der Waals surface area contributed by atoms with Gasteiger partial charge in [-0.05, 0) is 18.2 Å². The number of carbonyl (C=O) groups is 1. The van der Waals surface area contributed by atoms with E-state index in [0.717, 1.165) is 11.1 Å². The lowest BCUT2D eigenvalue weighted by Gasteiger charge is -2.19.